The quantitative estimate of drug-likeness (QED) is 0.656. The summed E-state index contributed by atoms with van der Waals surface area (Å²) < 4.78 is 39.7. The minimum Gasteiger partial charge on any atom is -0.268 e. The van der Waals surface area contributed by atoms with Crippen LogP contribution in [0.25, 0.3) is 0 Å². The van der Waals surface area contributed by atoms with Crippen molar-refractivity contribution in [3.8, 4) is 0 Å². The summed E-state index contributed by atoms with van der Waals surface area (Å²) in [5, 5.41) is 1.97. The van der Waals surface area contributed by atoms with Gasteiger partial charge in [0, 0.05) is 11.6 Å². The van der Waals surface area contributed by atoms with Gasteiger partial charge in [0.15, 0.2) is 5.13 Å². The fraction of sp³-hybridized carbons (Fsp3) is 0.0588. The summed E-state index contributed by atoms with van der Waals surface area (Å²) in [4.78, 5) is 18.2. The molecule has 122 valence electrons. The number of rotatable bonds is 3. The first-order valence-electron chi connectivity index (χ1n) is 6.93. The zero-order chi connectivity index (χ0) is 17.2. The summed E-state index contributed by atoms with van der Waals surface area (Å²) in [5.41, 5.74) is -0.925. The van der Waals surface area contributed by atoms with E-state index in [2.05, 4.69) is 4.98 Å². The van der Waals surface area contributed by atoms with Gasteiger partial charge < -0.3 is 0 Å². The van der Waals surface area contributed by atoms with E-state index in [1.807, 2.05) is 0 Å². The number of alkyl halides is 3. The van der Waals surface area contributed by atoms with E-state index < -0.39 is 23.2 Å². The van der Waals surface area contributed by atoms with Crippen LogP contribution in [0.2, 0.25) is 0 Å². The van der Waals surface area contributed by atoms with Crippen LogP contribution in [-0.4, -0.2) is 10.9 Å². The summed E-state index contributed by atoms with van der Waals surface area (Å²) in [7, 11) is 0. The number of thiazole rings is 1. The van der Waals surface area contributed by atoms with Gasteiger partial charge in [0.1, 0.15) is 0 Å². The molecule has 0 aliphatic carbocycles. The monoisotopic (exact) mass is 348 g/mol. The molecule has 0 atom stereocenters. The third-order valence-electron chi connectivity index (χ3n) is 3.29. The van der Waals surface area contributed by atoms with Gasteiger partial charge in [-0.1, -0.05) is 30.3 Å². The lowest BCUT2D eigenvalue weighted by Gasteiger charge is -2.22. The maximum Gasteiger partial charge on any atom is 0.417 e. The van der Waals surface area contributed by atoms with Crippen molar-refractivity contribution in [3.63, 3.8) is 0 Å². The molecule has 0 saturated heterocycles. The van der Waals surface area contributed by atoms with Crippen LogP contribution in [0.1, 0.15) is 15.9 Å². The largest absolute Gasteiger partial charge is 0.417 e. The molecule has 0 aliphatic rings. The Morgan fingerprint density at radius 2 is 1.67 bits per heavy atom. The molecule has 3 aromatic rings. The highest BCUT2D eigenvalue weighted by atomic mass is 32.1. The number of amides is 1. The van der Waals surface area contributed by atoms with Crippen molar-refractivity contribution in [3.05, 3.63) is 77.3 Å². The van der Waals surface area contributed by atoms with E-state index >= 15 is 0 Å². The van der Waals surface area contributed by atoms with Gasteiger partial charge in [-0.25, -0.2) is 4.98 Å². The number of nitrogens with zero attached hydrogens (tertiary/aromatic N) is 2. The minimum absolute atomic E-state index is 0.308. The van der Waals surface area contributed by atoms with Gasteiger partial charge in [-0.2, -0.15) is 13.2 Å². The maximum atomic E-state index is 13.2. The fourth-order valence-corrected chi connectivity index (χ4v) is 2.91. The molecule has 7 heteroatoms. The van der Waals surface area contributed by atoms with Crippen LogP contribution in [0.5, 0.6) is 0 Å². The number of hydrogen-bond acceptors (Lipinski definition) is 3. The van der Waals surface area contributed by atoms with E-state index in [-0.39, 0.29) is 0 Å². The number of benzene rings is 2. The number of hydrogen-bond donors (Lipinski definition) is 0. The SMILES string of the molecule is O=C(c1ccccc1C(F)(F)F)N(c1ccccc1)c1nccs1. The second kappa shape index (κ2) is 6.45. The van der Waals surface area contributed by atoms with E-state index in [1.54, 1.807) is 35.7 Å². The molecule has 0 unspecified atom stereocenters. The van der Waals surface area contributed by atoms with Crippen LogP contribution in [-0.2, 0) is 6.18 Å². The molecule has 0 fully saturated rings. The molecule has 1 amide bonds. The smallest absolute Gasteiger partial charge is 0.268 e. The number of anilines is 2. The predicted molar refractivity (Wildman–Crippen MR) is 86.5 cm³/mol. The molecule has 0 N–H and O–H groups in total. The molecular weight excluding hydrogens is 337 g/mol. The standard InChI is InChI=1S/C17H11F3N2OS/c18-17(19,20)14-9-5-4-8-13(14)15(23)22(16-21-10-11-24-16)12-6-2-1-3-7-12/h1-11H. The Kier molecular flexibility index (Phi) is 4.35. The number of para-hydroxylation sites is 1. The molecule has 3 nitrogen and oxygen atoms in total. The average Bonchev–Trinajstić information content (AvgIpc) is 3.09. The summed E-state index contributed by atoms with van der Waals surface area (Å²) in [6, 6.07) is 13.2. The Morgan fingerprint density at radius 1 is 1.00 bits per heavy atom. The van der Waals surface area contributed by atoms with Crippen LogP contribution in [0.3, 0.4) is 0 Å². The number of carbonyl (C=O) groups is 1. The van der Waals surface area contributed by atoms with Gasteiger partial charge in [-0.3, -0.25) is 9.69 Å². The lowest BCUT2D eigenvalue weighted by Crippen LogP contribution is -2.28. The Labute approximate surface area is 140 Å². The van der Waals surface area contributed by atoms with Gasteiger partial charge >= 0.3 is 6.18 Å². The number of halogens is 3. The summed E-state index contributed by atoms with van der Waals surface area (Å²) in [6.45, 7) is 0. The zero-order valence-electron chi connectivity index (χ0n) is 12.2. The summed E-state index contributed by atoms with van der Waals surface area (Å²) in [5.74, 6) is -0.774. The lowest BCUT2D eigenvalue weighted by molar-refractivity contribution is -0.137. The summed E-state index contributed by atoms with van der Waals surface area (Å²) >= 11 is 1.17. The molecule has 2 aromatic carbocycles. The molecule has 24 heavy (non-hydrogen) atoms. The summed E-state index contributed by atoms with van der Waals surface area (Å²) in [6.07, 6.45) is -3.11. The average molecular weight is 348 g/mol. The van der Waals surface area contributed by atoms with Crippen LogP contribution in [0.15, 0.2) is 66.2 Å². The normalized spacial score (nSPS) is 11.3. The molecule has 0 saturated carbocycles. The number of aromatic nitrogens is 1. The Morgan fingerprint density at radius 3 is 2.29 bits per heavy atom. The van der Waals surface area contributed by atoms with Crippen molar-refractivity contribution in [2.45, 2.75) is 6.18 Å². The Hall–Kier alpha value is -2.67. The Bertz CT molecular complexity index is 833. The molecule has 1 aromatic heterocycles. The van der Waals surface area contributed by atoms with Gasteiger partial charge in [-0.15, -0.1) is 11.3 Å². The van der Waals surface area contributed by atoms with Crippen LogP contribution in [0, 0.1) is 0 Å². The molecular formula is C17H11F3N2OS. The van der Waals surface area contributed by atoms with Crippen molar-refractivity contribution in [2.75, 3.05) is 4.90 Å². The van der Waals surface area contributed by atoms with Crippen molar-refractivity contribution in [1.82, 2.24) is 4.98 Å². The zero-order valence-corrected chi connectivity index (χ0v) is 13.0. The van der Waals surface area contributed by atoms with E-state index in [1.165, 1.54) is 40.6 Å². The minimum atomic E-state index is -4.61. The molecule has 1 heterocycles. The van der Waals surface area contributed by atoms with Crippen molar-refractivity contribution < 1.29 is 18.0 Å². The van der Waals surface area contributed by atoms with Crippen LogP contribution < -0.4 is 4.90 Å². The number of carbonyl (C=O) groups excluding carboxylic acids is 1. The topological polar surface area (TPSA) is 33.2 Å². The van der Waals surface area contributed by atoms with Gasteiger partial charge in [-0.05, 0) is 24.3 Å². The van der Waals surface area contributed by atoms with Gasteiger partial charge in [0.2, 0.25) is 0 Å². The molecule has 0 spiro atoms. The highest BCUT2D eigenvalue weighted by Crippen LogP contribution is 2.35. The maximum absolute atomic E-state index is 13.2. The second-order valence-corrected chi connectivity index (χ2v) is 5.71. The molecule has 0 aliphatic heterocycles. The van der Waals surface area contributed by atoms with Crippen LogP contribution in [0.4, 0.5) is 24.0 Å². The third-order valence-corrected chi connectivity index (χ3v) is 4.05. The predicted octanol–water partition coefficient (Wildman–Crippen LogP) is 5.14. The van der Waals surface area contributed by atoms with Gasteiger partial charge in [0.05, 0.1) is 16.8 Å². The molecule has 3 rings (SSSR count). The van der Waals surface area contributed by atoms with Crippen molar-refractivity contribution in [2.24, 2.45) is 0 Å². The first-order chi connectivity index (χ1) is 11.5. The Balaban J connectivity index is 2.12. The van der Waals surface area contributed by atoms with E-state index in [0.29, 0.717) is 10.8 Å². The first kappa shape index (κ1) is 16.2. The second-order valence-electron chi connectivity index (χ2n) is 4.83. The van der Waals surface area contributed by atoms with E-state index in [9.17, 15) is 18.0 Å². The third kappa shape index (κ3) is 3.16. The van der Waals surface area contributed by atoms with E-state index in [4.69, 9.17) is 0 Å². The van der Waals surface area contributed by atoms with Crippen molar-refractivity contribution in [1.29, 1.82) is 0 Å². The highest BCUT2D eigenvalue weighted by Gasteiger charge is 2.36. The van der Waals surface area contributed by atoms with Crippen LogP contribution >= 0.6 is 11.3 Å². The first-order valence-corrected chi connectivity index (χ1v) is 7.81. The fourth-order valence-electron chi connectivity index (χ4n) is 2.26. The molecule has 0 bridgehead atoms. The van der Waals surface area contributed by atoms with Crippen molar-refractivity contribution >= 4 is 28.1 Å². The van der Waals surface area contributed by atoms with Gasteiger partial charge in [0.25, 0.3) is 5.91 Å². The van der Waals surface area contributed by atoms with E-state index in [0.717, 1.165) is 6.07 Å². The lowest BCUT2D eigenvalue weighted by atomic mass is 10.1. The molecule has 0 radical (unpaired) electrons. The highest BCUT2D eigenvalue weighted by molar-refractivity contribution is 7.13.